The third-order valence-electron chi connectivity index (χ3n) is 1.92. The van der Waals surface area contributed by atoms with E-state index in [1.165, 1.54) is 12.1 Å². The number of nitrogens with zero attached hydrogens (tertiary/aromatic N) is 4. The quantitative estimate of drug-likeness (QED) is 0.683. The minimum Gasteiger partial charge on any atom is -0.417 e. The van der Waals surface area contributed by atoms with Crippen molar-refractivity contribution in [2.45, 2.75) is 0 Å². The molecule has 0 aliphatic heterocycles. The number of benzene rings is 1. The van der Waals surface area contributed by atoms with Crippen LogP contribution in [0.5, 0.6) is 11.8 Å². The average Bonchev–Trinajstić information content (AvgIpc) is 2.30. The Bertz CT molecular complexity index is 631. The Kier molecular flexibility index (Phi) is 3.63. The van der Waals surface area contributed by atoms with Crippen molar-refractivity contribution in [1.29, 1.82) is 0 Å². The molecule has 0 spiro atoms. The Morgan fingerprint density at radius 2 is 2.00 bits per heavy atom. The van der Waals surface area contributed by atoms with Gasteiger partial charge in [-0.25, -0.2) is 0 Å². The van der Waals surface area contributed by atoms with Gasteiger partial charge in [-0.1, -0.05) is 11.6 Å². The predicted octanol–water partition coefficient (Wildman–Crippen LogP) is 2.46. The molecule has 2 aromatic rings. The van der Waals surface area contributed by atoms with E-state index in [2.05, 4.69) is 15.0 Å². The molecule has 0 saturated carbocycles. The van der Waals surface area contributed by atoms with Gasteiger partial charge in [0.15, 0.2) is 0 Å². The summed E-state index contributed by atoms with van der Waals surface area (Å²) in [5.74, 6) is -0.248. The smallest absolute Gasteiger partial charge is 0.328 e. The summed E-state index contributed by atoms with van der Waals surface area (Å²) in [6, 6.07) is 3.64. The molecule has 0 amide bonds. The molecule has 0 atom stereocenters. The van der Waals surface area contributed by atoms with E-state index in [0.29, 0.717) is 0 Å². The van der Waals surface area contributed by atoms with Crippen LogP contribution in [0.2, 0.25) is 10.3 Å². The molecule has 0 bridgehead atoms. The minimum absolute atomic E-state index is 0.0870. The van der Waals surface area contributed by atoms with Crippen molar-refractivity contribution in [3.8, 4) is 11.8 Å². The van der Waals surface area contributed by atoms with E-state index >= 15 is 0 Å². The van der Waals surface area contributed by atoms with Crippen LogP contribution in [0.15, 0.2) is 18.2 Å². The lowest BCUT2D eigenvalue weighted by Gasteiger charge is -2.05. The zero-order chi connectivity index (χ0) is 14.0. The van der Waals surface area contributed by atoms with E-state index in [1.807, 2.05) is 0 Å². The summed E-state index contributed by atoms with van der Waals surface area (Å²) in [5, 5.41) is 10.9. The highest BCUT2D eigenvalue weighted by atomic mass is 35.5. The monoisotopic (exact) mass is 301 g/mol. The Labute approximate surface area is 116 Å². The summed E-state index contributed by atoms with van der Waals surface area (Å²) >= 11 is 11.2. The molecule has 0 aliphatic rings. The van der Waals surface area contributed by atoms with E-state index in [-0.39, 0.29) is 33.7 Å². The van der Waals surface area contributed by atoms with Gasteiger partial charge in [-0.3, -0.25) is 10.1 Å². The van der Waals surface area contributed by atoms with E-state index in [1.54, 1.807) is 0 Å². The summed E-state index contributed by atoms with van der Waals surface area (Å²) in [7, 11) is 0. The van der Waals surface area contributed by atoms with Crippen LogP contribution in [0.3, 0.4) is 0 Å². The van der Waals surface area contributed by atoms with Gasteiger partial charge >= 0.3 is 11.7 Å². The van der Waals surface area contributed by atoms with Gasteiger partial charge in [0.1, 0.15) is 0 Å². The summed E-state index contributed by atoms with van der Waals surface area (Å²) in [6.45, 7) is 0. The highest BCUT2D eigenvalue weighted by Gasteiger charge is 2.18. The zero-order valence-electron chi connectivity index (χ0n) is 9.08. The molecule has 2 rings (SSSR count). The van der Waals surface area contributed by atoms with Gasteiger partial charge in [-0.2, -0.15) is 15.0 Å². The van der Waals surface area contributed by atoms with Crippen molar-refractivity contribution >= 4 is 34.8 Å². The summed E-state index contributed by atoms with van der Waals surface area (Å²) in [5.41, 5.74) is 5.02. The van der Waals surface area contributed by atoms with Crippen molar-refractivity contribution in [2.75, 3.05) is 5.73 Å². The maximum Gasteiger partial charge on any atom is 0.328 e. The van der Waals surface area contributed by atoms with E-state index in [9.17, 15) is 10.1 Å². The number of rotatable bonds is 3. The van der Waals surface area contributed by atoms with Crippen LogP contribution in [0.1, 0.15) is 0 Å². The van der Waals surface area contributed by atoms with Crippen LogP contribution < -0.4 is 10.5 Å². The second kappa shape index (κ2) is 5.21. The third kappa shape index (κ3) is 3.18. The lowest BCUT2D eigenvalue weighted by molar-refractivity contribution is -0.385. The van der Waals surface area contributed by atoms with E-state index in [4.69, 9.17) is 33.7 Å². The molecule has 1 heterocycles. The Hall–Kier alpha value is -2.19. The number of hydrogen-bond donors (Lipinski definition) is 1. The highest BCUT2D eigenvalue weighted by Crippen LogP contribution is 2.32. The first-order valence-electron chi connectivity index (χ1n) is 4.74. The largest absolute Gasteiger partial charge is 0.417 e. The Morgan fingerprint density at radius 1 is 1.26 bits per heavy atom. The number of anilines is 1. The maximum atomic E-state index is 10.9. The van der Waals surface area contributed by atoms with Gasteiger partial charge in [0, 0.05) is 11.1 Å². The molecule has 8 nitrogen and oxygen atoms in total. The van der Waals surface area contributed by atoms with E-state index < -0.39 is 4.92 Å². The summed E-state index contributed by atoms with van der Waals surface area (Å²) in [6.07, 6.45) is 0. The molecular formula is C9H5Cl2N5O3. The number of nitrogens with two attached hydrogens (primary N) is 1. The van der Waals surface area contributed by atoms with Crippen LogP contribution in [0.4, 0.5) is 11.6 Å². The number of nitrogen functional groups attached to an aromatic ring is 1. The molecule has 1 aromatic heterocycles. The van der Waals surface area contributed by atoms with Crippen molar-refractivity contribution in [2.24, 2.45) is 0 Å². The van der Waals surface area contributed by atoms with Gasteiger partial charge in [-0.15, -0.1) is 0 Å². The van der Waals surface area contributed by atoms with Gasteiger partial charge in [0.25, 0.3) is 0 Å². The lowest BCUT2D eigenvalue weighted by Crippen LogP contribution is -2.01. The van der Waals surface area contributed by atoms with Crippen LogP contribution in [-0.2, 0) is 0 Å². The first-order chi connectivity index (χ1) is 8.95. The van der Waals surface area contributed by atoms with Crippen LogP contribution in [0.25, 0.3) is 0 Å². The van der Waals surface area contributed by atoms with Crippen molar-refractivity contribution in [3.63, 3.8) is 0 Å². The first-order valence-corrected chi connectivity index (χ1v) is 5.50. The zero-order valence-corrected chi connectivity index (χ0v) is 10.6. The second-order valence-corrected chi connectivity index (χ2v) is 3.99. The lowest BCUT2D eigenvalue weighted by atomic mass is 10.3. The van der Waals surface area contributed by atoms with Crippen LogP contribution in [0, 0.1) is 10.1 Å². The number of halogens is 2. The molecule has 98 valence electrons. The average molecular weight is 302 g/mol. The summed E-state index contributed by atoms with van der Waals surface area (Å²) in [4.78, 5) is 21.0. The van der Waals surface area contributed by atoms with Crippen LogP contribution >= 0.6 is 23.2 Å². The first kappa shape index (κ1) is 13.2. The SMILES string of the molecule is Nc1nc(Cl)nc(Oc2ccc(Cl)cc2[N+](=O)[O-])n1. The molecule has 0 radical (unpaired) electrons. The van der Waals surface area contributed by atoms with Gasteiger partial charge < -0.3 is 10.5 Å². The standard InChI is InChI=1S/C9H5Cl2N5O3/c10-4-1-2-6(5(3-4)16(17)18)19-9-14-7(11)13-8(12)15-9/h1-3H,(H2,12,13,14,15). The van der Waals surface area contributed by atoms with Crippen molar-refractivity contribution in [3.05, 3.63) is 38.6 Å². The number of aromatic nitrogens is 3. The molecular weight excluding hydrogens is 297 g/mol. The number of nitro groups is 1. The number of hydrogen-bond acceptors (Lipinski definition) is 7. The van der Waals surface area contributed by atoms with Crippen LogP contribution in [-0.4, -0.2) is 19.9 Å². The number of nitro benzene ring substituents is 1. The molecule has 0 fully saturated rings. The van der Waals surface area contributed by atoms with Gasteiger partial charge in [0.2, 0.25) is 17.0 Å². The predicted molar refractivity (Wildman–Crippen MR) is 67.4 cm³/mol. The fourth-order valence-electron chi connectivity index (χ4n) is 1.21. The maximum absolute atomic E-state index is 10.9. The molecule has 0 aliphatic carbocycles. The molecule has 0 saturated heterocycles. The summed E-state index contributed by atoms with van der Waals surface area (Å²) < 4.78 is 5.16. The fraction of sp³-hybridized carbons (Fsp3) is 0. The fourth-order valence-corrected chi connectivity index (χ4v) is 1.54. The van der Waals surface area contributed by atoms with Crippen molar-refractivity contribution in [1.82, 2.24) is 15.0 Å². The number of ether oxygens (including phenoxy) is 1. The Balaban J connectivity index is 2.40. The molecule has 2 N–H and O–H groups in total. The second-order valence-electron chi connectivity index (χ2n) is 3.22. The minimum atomic E-state index is -0.645. The normalized spacial score (nSPS) is 10.2. The molecule has 19 heavy (non-hydrogen) atoms. The molecule has 10 heteroatoms. The molecule has 0 unspecified atom stereocenters. The Morgan fingerprint density at radius 3 is 2.63 bits per heavy atom. The van der Waals surface area contributed by atoms with E-state index in [0.717, 1.165) is 6.07 Å². The van der Waals surface area contributed by atoms with Gasteiger partial charge in [0.05, 0.1) is 4.92 Å². The van der Waals surface area contributed by atoms with Crippen molar-refractivity contribution < 1.29 is 9.66 Å². The van der Waals surface area contributed by atoms with Gasteiger partial charge in [-0.05, 0) is 23.7 Å². The molecule has 1 aromatic carbocycles. The highest BCUT2D eigenvalue weighted by molar-refractivity contribution is 6.30. The topological polar surface area (TPSA) is 117 Å². The third-order valence-corrected chi connectivity index (χ3v) is 2.33.